The maximum atomic E-state index is 12.2. The van der Waals surface area contributed by atoms with E-state index in [1.54, 1.807) is 0 Å². The molecule has 0 radical (unpaired) electrons. The van der Waals surface area contributed by atoms with Crippen molar-refractivity contribution in [3.05, 3.63) is 12.4 Å². The van der Waals surface area contributed by atoms with Crippen LogP contribution < -0.4 is 0 Å². The van der Waals surface area contributed by atoms with Crippen molar-refractivity contribution in [3.8, 4) is 0 Å². The molecule has 0 heterocycles. The van der Waals surface area contributed by atoms with E-state index >= 15 is 0 Å². The lowest BCUT2D eigenvalue weighted by Gasteiger charge is -2.20. The van der Waals surface area contributed by atoms with Gasteiger partial charge in [0.2, 0.25) is 5.83 Å². The summed E-state index contributed by atoms with van der Waals surface area (Å²) in [6.45, 7) is 3.23. The molecule has 13 heavy (non-hydrogen) atoms. The molecule has 0 aromatic rings. The summed E-state index contributed by atoms with van der Waals surface area (Å²) in [6, 6.07) is 0. The lowest BCUT2D eigenvalue weighted by Crippen LogP contribution is -2.16. The zero-order valence-corrected chi connectivity index (χ0v) is 7.72. The first-order valence-corrected chi connectivity index (χ1v) is 4.71. The van der Waals surface area contributed by atoms with Crippen LogP contribution in [0, 0.1) is 5.92 Å². The third-order valence-corrected chi connectivity index (χ3v) is 2.40. The van der Waals surface area contributed by atoms with Crippen molar-refractivity contribution in [3.63, 3.8) is 0 Å². The van der Waals surface area contributed by atoms with Gasteiger partial charge in [0.25, 0.3) is 0 Å². The summed E-state index contributed by atoms with van der Waals surface area (Å²) in [5, 5.41) is 0. The molecule has 1 fully saturated rings. The van der Waals surface area contributed by atoms with Crippen LogP contribution in [0.2, 0.25) is 0 Å². The smallest absolute Gasteiger partial charge is 0.366 e. The second-order valence-electron chi connectivity index (χ2n) is 3.51. The first-order valence-electron chi connectivity index (χ1n) is 4.71. The second kappa shape index (κ2) is 5.00. The Labute approximate surface area is 77.8 Å². The van der Waals surface area contributed by atoms with Gasteiger partial charge in [-0.25, -0.2) is 4.79 Å². The lowest BCUT2D eigenvalue weighted by molar-refractivity contribution is -0.142. The highest BCUT2D eigenvalue weighted by atomic mass is 19.1. The number of halogens is 1. The summed E-state index contributed by atoms with van der Waals surface area (Å²) in [6.07, 6.45) is 5.83. The fraction of sp³-hybridized carbons (Fsp3) is 0.700. The Morgan fingerprint density at radius 2 is 2.00 bits per heavy atom. The van der Waals surface area contributed by atoms with E-state index < -0.39 is 11.8 Å². The van der Waals surface area contributed by atoms with Gasteiger partial charge in [-0.05, 0) is 18.8 Å². The minimum atomic E-state index is -1.00. The number of carbonyl (C=O) groups is 1. The Hall–Kier alpha value is -0.860. The molecule has 0 amide bonds. The van der Waals surface area contributed by atoms with Gasteiger partial charge in [0.1, 0.15) is 0 Å². The van der Waals surface area contributed by atoms with Gasteiger partial charge in [-0.1, -0.05) is 25.8 Å². The number of esters is 1. The number of rotatable bonds is 3. The van der Waals surface area contributed by atoms with Crippen LogP contribution in [0.15, 0.2) is 12.4 Å². The molecule has 0 spiro atoms. The Morgan fingerprint density at radius 3 is 2.54 bits per heavy atom. The molecule has 1 aliphatic carbocycles. The maximum Gasteiger partial charge on any atom is 0.366 e. The van der Waals surface area contributed by atoms with Crippen LogP contribution in [-0.4, -0.2) is 12.6 Å². The van der Waals surface area contributed by atoms with Crippen molar-refractivity contribution in [1.29, 1.82) is 0 Å². The third kappa shape index (κ3) is 3.57. The summed E-state index contributed by atoms with van der Waals surface area (Å²) >= 11 is 0. The SMILES string of the molecule is C=C(F)C(=O)OCC1CCCCC1. The lowest BCUT2D eigenvalue weighted by atomic mass is 9.90. The minimum Gasteiger partial charge on any atom is -0.460 e. The zero-order valence-electron chi connectivity index (χ0n) is 7.72. The first kappa shape index (κ1) is 10.2. The van der Waals surface area contributed by atoms with Crippen molar-refractivity contribution < 1.29 is 13.9 Å². The predicted molar refractivity (Wildman–Crippen MR) is 47.8 cm³/mol. The van der Waals surface area contributed by atoms with Crippen molar-refractivity contribution in [2.24, 2.45) is 5.92 Å². The normalized spacial score (nSPS) is 18.2. The van der Waals surface area contributed by atoms with Crippen molar-refractivity contribution in [2.75, 3.05) is 6.61 Å². The summed E-state index contributed by atoms with van der Waals surface area (Å²) in [4.78, 5) is 10.7. The molecule has 0 unspecified atom stereocenters. The quantitative estimate of drug-likeness (QED) is 0.500. The van der Waals surface area contributed by atoms with Gasteiger partial charge in [-0.2, -0.15) is 4.39 Å². The molecular weight excluding hydrogens is 171 g/mol. The average Bonchev–Trinajstić information content (AvgIpc) is 2.15. The number of ether oxygens (including phenoxy) is 1. The summed E-state index contributed by atoms with van der Waals surface area (Å²) in [5.41, 5.74) is 0. The van der Waals surface area contributed by atoms with Gasteiger partial charge in [-0.15, -0.1) is 0 Å². The minimum absolute atomic E-state index is 0.349. The number of hydrogen-bond acceptors (Lipinski definition) is 2. The number of hydrogen-bond donors (Lipinski definition) is 0. The molecule has 0 atom stereocenters. The highest BCUT2D eigenvalue weighted by Crippen LogP contribution is 2.23. The van der Waals surface area contributed by atoms with E-state index in [4.69, 9.17) is 4.74 Å². The van der Waals surface area contributed by atoms with Gasteiger partial charge in [0.15, 0.2) is 0 Å². The molecule has 1 aliphatic rings. The van der Waals surface area contributed by atoms with E-state index in [2.05, 4.69) is 6.58 Å². The molecule has 0 aromatic carbocycles. The molecule has 3 heteroatoms. The van der Waals surface area contributed by atoms with E-state index in [9.17, 15) is 9.18 Å². The van der Waals surface area contributed by atoms with E-state index in [0.717, 1.165) is 12.8 Å². The highest BCUT2D eigenvalue weighted by Gasteiger charge is 2.16. The van der Waals surface area contributed by atoms with Crippen LogP contribution in [0.1, 0.15) is 32.1 Å². The summed E-state index contributed by atoms with van der Waals surface area (Å²) in [7, 11) is 0. The van der Waals surface area contributed by atoms with E-state index in [1.807, 2.05) is 0 Å². The molecule has 1 saturated carbocycles. The number of carbonyl (C=O) groups excluding carboxylic acids is 1. The molecule has 0 saturated heterocycles. The Bertz CT molecular complexity index is 195. The maximum absolute atomic E-state index is 12.2. The van der Waals surface area contributed by atoms with E-state index in [0.29, 0.717) is 12.5 Å². The standard InChI is InChI=1S/C10H15FO2/c1-8(11)10(12)13-7-9-5-3-2-4-6-9/h9H,1-7H2. The predicted octanol–water partition coefficient (Wildman–Crippen LogP) is 2.59. The Morgan fingerprint density at radius 1 is 1.38 bits per heavy atom. The van der Waals surface area contributed by atoms with E-state index in [1.165, 1.54) is 19.3 Å². The van der Waals surface area contributed by atoms with Gasteiger partial charge in [0, 0.05) is 0 Å². The van der Waals surface area contributed by atoms with Crippen LogP contribution in [-0.2, 0) is 9.53 Å². The van der Waals surface area contributed by atoms with Crippen molar-refractivity contribution >= 4 is 5.97 Å². The van der Waals surface area contributed by atoms with Crippen LogP contribution in [0.25, 0.3) is 0 Å². The Balaban J connectivity index is 2.17. The average molecular weight is 186 g/mol. The third-order valence-electron chi connectivity index (χ3n) is 2.40. The highest BCUT2D eigenvalue weighted by molar-refractivity contribution is 5.85. The fourth-order valence-electron chi connectivity index (χ4n) is 1.63. The van der Waals surface area contributed by atoms with Crippen LogP contribution in [0.3, 0.4) is 0 Å². The molecule has 2 nitrogen and oxygen atoms in total. The molecule has 0 bridgehead atoms. The van der Waals surface area contributed by atoms with Gasteiger partial charge >= 0.3 is 5.97 Å². The molecule has 0 aromatic heterocycles. The van der Waals surface area contributed by atoms with E-state index in [-0.39, 0.29) is 0 Å². The van der Waals surface area contributed by atoms with Gasteiger partial charge < -0.3 is 4.74 Å². The van der Waals surface area contributed by atoms with Crippen molar-refractivity contribution in [2.45, 2.75) is 32.1 Å². The van der Waals surface area contributed by atoms with Gasteiger partial charge in [0.05, 0.1) is 6.61 Å². The molecule has 74 valence electrons. The van der Waals surface area contributed by atoms with Gasteiger partial charge in [-0.3, -0.25) is 0 Å². The first-order chi connectivity index (χ1) is 6.20. The summed E-state index contributed by atoms with van der Waals surface area (Å²) < 4.78 is 16.9. The largest absolute Gasteiger partial charge is 0.460 e. The Kier molecular flexibility index (Phi) is 3.93. The van der Waals surface area contributed by atoms with Crippen LogP contribution >= 0.6 is 0 Å². The second-order valence-corrected chi connectivity index (χ2v) is 3.51. The van der Waals surface area contributed by atoms with Crippen molar-refractivity contribution in [1.82, 2.24) is 0 Å². The molecule has 0 aliphatic heterocycles. The summed E-state index contributed by atoms with van der Waals surface area (Å²) in [5.74, 6) is -1.49. The van der Waals surface area contributed by atoms with Crippen LogP contribution in [0.4, 0.5) is 4.39 Å². The topological polar surface area (TPSA) is 26.3 Å². The van der Waals surface area contributed by atoms with Crippen LogP contribution in [0.5, 0.6) is 0 Å². The molecule has 1 rings (SSSR count). The molecule has 0 N–H and O–H groups in total. The molecular formula is C10H15FO2. The monoisotopic (exact) mass is 186 g/mol. The zero-order chi connectivity index (χ0) is 9.68. The fourth-order valence-corrected chi connectivity index (χ4v) is 1.63.